The van der Waals surface area contributed by atoms with Gasteiger partial charge in [0.15, 0.2) is 0 Å². The smallest absolute Gasteiger partial charge is 0.147 e. The van der Waals surface area contributed by atoms with E-state index in [1.54, 1.807) is 12.3 Å². The summed E-state index contributed by atoms with van der Waals surface area (Å²) in [5.74, 6) is -0.258. The summed E-state index contributed by atoms with van der Waals surface area (Å²) in [5.41, 5.74) is 3.33. The van der Waals surface area contributed by atoms with Crippen molar-refractivity contribution in [3.63, 3.8) is 0 Å². The fraction of sp³-hybridized carbons (Fsp3) is 0.0714. The van der Waals surface area contributed by atoms with Gasteiger partial charge < -0.3 is 5.32 Å². The second-order valence-corrected chi connectivity index (χ2v) is 5.58. The maximum atomic E-state index is 13.9. The van der Waals surface area contributed by atoms with Crippen molar-refractivity contribution in [2.24, 2.45) is 0 Å². The Labute approximate surface area is 123 Å². The standard InChI is InChI=1S/C14H11FIN3/c1-8-2-4-12-10(7-17-19-12)14(8)18-13-5-3-9(16)6-11(13)15/h2-7,18H,1H3,(H,17,19). The highest BCUT2D eigenvalue weighted by Crippen LogP contribution is 2.30. The van der Waals surface area contributed by atoms with Crippen LogP contribution in [0.25, 0.3) is 10.9 Å². The van der Waals surface area contributed by atoms with E-state index in [4.69, 9.17) is 0 Å². The molecule has 3 rings (SSSR count). The summed E-state index contributed by atoms with van der Waals surface area (Å²) in [7, 11) is 0. The molecule has 0 aliphatic heterocycles. The van der Waals surface area contributed by atoms with Crippen molar-refractivity contribution in [3.05, 3.63) is 51.5 Å². The number of hydrogen-bond donors (Lipinski definition) is 2. The largest absolute Gasteiger partial charge is 0.352 e. The molecule has 0 aliphatic rings. The van der Waals surface area contributed by atoms with Crippen molar-refractivity contribution in [2.45, 2.75) is 6.92 Å². The Balaban J connectivity index is 2.10. The molecule has 0 atom stereocenters. The van der Waals surface area contributed by atoms with Gasteiger partial charge in [0.1, 0.15) is 5.82 Å². The van der Waals surface area contributed by atoms with Gasteiger partial charge in [-0.15, -0.1) is 0 Å². The molecule has 2 N–H and O–H groups in total. The van der Waals surface area contributed by atoms with E-state index in [1.807, 2.05) is 25.1 Å². The van der Waals surface area contributed by atoms with Crippen LogP contribution in [0.1, 0.15) is 5.56 Å². The summed E-state index contributed by atoms with van der Waals surface area (Å²) in [6.07, 6.45) is 1.75. The van der Waals surface area contributed by atoms with Gasteiger partial charge in [0.2, 0.25) is 0 Å². The van der Waals surface area contributed by atoms with Gasteiger partial charge in [0.25, 0.3) is 0 Å². The van der Waals surface area contributed by atoms with Gasteiger partial charge >= 0.3 is 0 Å². The number of nitrogens with zero attached hydrogens (tertiary/aromatic N) is 1. The number of aromatic amines is 1. The zero-order valence-electron chi connectivity index (χ0n) is 10.2. The number of rotatable bonds is 2. The van der Waals surface area contributed by atoms with Crippen molar-refractivity contribution >= 4 is 44.9 Å². The third kappa shape index (κ3) is 2.30. The van der Waals surface area contributed by atoms with Gasteiger partial charge in [-0.05, 0) is 59.3 Å². The van der Waals surface area contributed by atoms with Crippen LogP contribution >= 0.6 is 22.6 Å². The summed E-state index contributed by atoms with van der Waals surface area (Å²) in [5, 5.41) is 11.0. The topological polar surface area (TPSA) is 40.7 Å². The molecule has 96 valence electrons. The monoisotopic (exact) mass is 367 g/mol. The summed E-state index contributed by atoms with van der Waals surface area (Å²) in [4.78, 5) is 0. The second kappa shape index (κ2) is 4.80. The first-order valence-corrected chi connectivity index (χ1v) is 6.88. The average molecular weight is 367 g/mol. The quantitative estimate of drug-likeness (QED) is 0.661. The lowest BCUT2D eigenvalue weighted by molar-refractivity contribution is 0.631. The van der Waals surface area contributed by atoms with Crippen molar-refractivity contribution in [1.29, 1.82) is 0 Å². The Morgan fingerprint density at radius 2 is 2.11 bits per heavy atom. The summed E-state index contributed by atoms with van der Waals surface area (Å²) < 4.78 is 14.8. The van der Waals surface area contributed by atoms with Gasteiger partial charge in [-0.25, -0.2) is 4.39 Å². The van der Waals surface area contributed by atoms with E-state index < -0.39 is 0 Å². The maximum Gasteiger partial charge on any atom is 0.147 e. The van der Waals surface area contributed by atoms with E-state index in [0.29, 0.717) is 5.69 Å². The predicted octanol–water partition coefficient (Wildman–Crippen LogP) is 4.36. The Bertz CT molecular complexity index is 752. The number of halogens is 2. The molecule has 3 aromatic rings. The van der Waals surface area contributed by atoms with Crippen molar-refractivity contribution in [3.8, 4) is 0 Å². The fourth-order valence-electron chi connectivity index (χ4n) is 2.02. The second-order valence-electron chi connectivity index (χ2n) is 4.34. The Morgan fingerprint density at radius 1 is 1.26 bits per heavy atom. The molecule has 19 heavy (non-hydrogen) atoms. The van der Waals surface area contributed by atoms with Crippen LogP contribution in [0.2, 0.25) is 0 Å². The highest BCUT2D eigenvalue weighted by atomic mass is 127. The number of fused-ring (bicyclic) bond motifs is 1. The molecule has 0 spiro atoms. The minimum absolute atomic E-state index is 0.258. The number of nitrogens with one attached hydrogen (secondary N) is 2. The SMILES string of the molecule is Cc1ccc2[nH]ncc2c1Nc1ccc(I)cc1F. The van der Waals surface area contributed by atoms with Gasteiger partial charge in [-0.1, -0.05) is 6.07 Å². The zero-order chi connectivity index (χ0) is 13.4. The van der Waals surface area contributed by atoms with Crippen molar-refractivity contribution in [1.82, 2.24) is 10.2 Å². The molecule has 2 aromatic carbocycles. The van der Waals surface area contributed by atoms with Crippen molar-refractivity contribution in [2.75, 3.05) is 5.32 Å². The number of benzene rings is 2. The van der Waals surface area contributed by atoms with Gasteiger partial charge in [0.05, 0.1) is 23.1 Å². The molecule has 3 nitrogen and oxygen atoms in total. The van der Waals surface area contributed by atoms with Crippen LogP contribution in [0.3, 0.4) is 0 Å². The lowest BCUT2D eigenvalue weighted by Gasteiger charge is -2.11. The van der Waals surface area contributed by atoms with E-state index >= 15 is 0 Å². The third-order valence-electron chi connectivity index (χ3n) is 3.02. The molecule has 0 radical (unpaired) electrons. The van der Waals surface area contributed by atoms with E-state index in [0.717, 1.165) is 25.7 Å². The number of aromatic nitrogens is 2. The molecule has 1 aromatic heterocycles. The lowest BCUT2D eigenvalue weighted by Crippen LogP contribution is -1.97. The molecule has 0 aliphatic carbocycles. The molecule has 0 fully saturated rings. The highest BCUT2D eigenvalue weighted by Gasteiger charge is 2.09. The molecule has 0 unspecified atom stereocenters. The summed E-state index contributed by atoms with van der Waals surface area (Å²) >= 11 is 2.09. The third-order valence-corrected chi connectivity index (χ3v) is 3.69. The molecule has 0 amide bonds. The van der Waals surface area contributed by atoms with E-state index in [1.165, 1.54) is 6.07 Å². The molecule has 5 heteroatoms. The number of H-pyrrole nitrogens is 1. The fourth-order valence-corrected chi connectivity index (χ4v) is 2.47. The van der Waals surface area contributed by atoms with Crippen LogP contribution < -0.4 is 5.32 Å². The van der Waals surface area contributed by atoms with Crippen LogP contribution in [0.15, 0.2) is 36.5 Å². The van der Waals surface area contributed by atoms with Crippen LogP contribution in [0.4, 0.5) is 15.8 Å². The van der Waals surface area contributed by atoms with E-state index in [-0.39, 0.29) is 5.82 Å². The minimum Gasteiger partial charge on any atom is -0.352 e. The number of hydrogen-bond acceptors (Lipinski definition) is 2. The number of anilines is 2. The Morgan fingerprint density at radius 3 is 2.89 bits per heavy atom. The first-order chi connectivity index (χ1) is 9.15. The number of aryl methyl sites for hydroxylation is 1. The molecular weight excluding hydrogens is 356 g/mol. The predicted molar refractivity (Wildman–Crippen MR) is 83.2 cm³/mol. The minimum atomic E-state index is -0.258. The molecule has 0 bridgehead atoms. The molecule has 0 saturated heterocycles. The first-order valence-electron chi connectivity index (χ1n) is 5.80. The van der Waals surface area contributed by atoms with Gasteiger partial charge in [0, 0.05) is 8.96 Å². The van der Waals surface area contributed by atoms with Gasteiger partial charge in [-0.2, -0.15) is 5.10 Å². The Kier molecular flexibility index (Phi) is 3.14. The Hall–Kier alpha value is -1.63. The average Bonchev–Trinajstić information content (AvgIpc) is 2.84. The van der Waals surface area contributed by atoms with Gasteiger partial charge in [-0.3, -0.25) is 5.10 Å². The summed E-state index contributed by atoms with van der Waals surface area (Å²) in [6, 6.07) is 9.07. The van der Waals surface area contributed by atoms with Crippen molar-refractivity contribution < 1.29 is 4.39 Å². The first kappa shape index (κ1) is 12.4. The van der Waals surface area contributed by atoms with Crippen LogP contribution in [-0.2, 0) is 0 Å². The highest BCUT2D eigenvalue weighted by molar-refractivity contribution is 14.1. The summed E-state index contributed by atoms with van der Waals surface area (Å²) in [6.45, 7) is 1.99. The van der Waals surface area contributed by atoms with E-state index in [9.17, 15) is 4.39 Å². The maximum absolute atomic E-state index is 13.9. The zero-order valence-corrected chi connectivity index (χ0v) is 12.3. The molecule has 0 saturated carbocycles. The normalized spacial score (nSPS) is 10.9. The van der Waals surface area contributed by atoms with Crippen LogP contribution in [0, 0.1) is 16.3 Å². The lowest BCUT2D eigenvalue weighted by atomic mass is 10.1. The van der Waals surface area contributed by atoms with E-state index in [2.05, 4.69) is 38.1 Å². The van der Waals surface area contributed by atoms with Crippen LogP contribution in [-0.4, -0.2) is 10.2 Å². The molecular formula is C14H11FIN3. The molecule has 1 heterocycles. The van der Waals surface area contributed by atoms with Crippen LogP contribution in [0.5, 0.6) is 0 Å².